The van der Waals surface area contributed by atoms with E-state index in [0.29, 0.717) is 31.3 Å². The van der Waals surface area contributed by atoms with E-state index < -0.39 is 0 Å². The molecule has 1 aromatic heterocycles. The third kappa shape index (κ3) is 2.48. The normalized spacial score (nSPS) is 18.0. The summed E-state index contributed by atoms with van der Waals surface area (Å²) in [6, 6.07) is 8.35. The minimum atomic E-state index is -0.234. The molecule has 4 rings (SSSR count). The van der Waals surface area contributed by atoms with Crippen molar-refractivity contribution in [1.82, 2.24) is 15.1 Å². The predicted octanol–water partition coefficient (Wildman–Crippen LogP) is 2.27. The second-order valence-corrected chi connectivity index (χ2v) is 6.27. The van der Waals surface area contributed by atoms with Crippen molar-refractivity contribution in [3.05, 3.63) is 47.4 Å². The summed E-state index contributed by atoms with van der Waals surface area (Å²) in [4.78, 5) is 12.3. The van der Waals surface area contributed by atoms with Gasteiger partial charge in [-0.2, -0.15) is 5.10 Å². The van der Waals surface area contributed by atoms with Gasteiger partial charge in [0, 0.05) is 18.0 Å². The first-order chi connectivity index (χ1) is 11.2. The molecule has 23 heavy (non-hydrogen) atoms. The predicted molar refractivity (Wildman–Crippen MR) is 82.0 cm³/mol. The third-order valence-corrected chi connectivity index (χ3v) is 4.86. The molecule has 0 bridgehead atoms. The maximum absolute atomic E-state index is 13.5. The van der Waals surface area contributed by atoms with Crippen LogP contribution in [0.2, 0.25) is 0 Å². The van der Waals surface area contributed by atoms with Crippen molar-refractivity contribution in [3.63, 3.8) is 0 Å². The van der Waals surface area contributed by atoms with Gasteiger partial charge < -0.3 is 10.1 Å². The first-order valence-electron chi connectivity index (χ1n) is 7.91. The molecule has 0 spiro atoms. The number of carbonyl (C=O) groups is 1. The van der Waals surface area contributed by atoms with Crippen molar-refractivity contribution in [2.75, 3.05) is 13.2 Å². The highest BCUT2D eigenvalue weighted by Gasteiger charge is 2.39. The van der Waals surface area contributed by atoms with E-state index >= 15 is 0 Å². The minimum absolute atomic E-state index is 0.156. The van der Waals surface area contributed by atoms with E-state index in [9.17, 15) is 9.18 Å². The Morgan fingerprint density at radius 1 is 1.39 bits per heavy atom. The topological polar surface area (TPSA) is 56.2 Å². The largest absolute Gasteiger partial charge is 0.476 e. The first-order valence-corrected chi connectivity index (χ1v) is 7.91. The first kappa shape index (κ1) is 14.2. The molecule has 0 atom stereocenters. The van der Waals surface area contributed by atoms with Gasteiger partial charge in [0.1, 0.15) is 12.4 Å². The molecule has 1 aliphatic heterocycles. The Hall–Kier alpha value is -2.37. The van der Waals surface area contributed by atoms with Crippen LogP contribution in [0.4, 0.5) is 4.39 Å². The number of halogens is 1. The van der Waals surface area contributed by atoms with Crippen LogP contribution in [0.25, 0.3) is 0 Å². The number of nitrogens with zero attached hydrogens (tertiary/aromatic N) is 2. The summed E-state index contributed by atoms with van der Waals surface area (Å²) < 4.78 is 20.6. The monoisotopic (exact) mass is 315 g/mol. The van der Waals surface area contributed by atoms with Crippen molar-refractivity contribution >= 4 is 5.91 Å². The average molecular weight is 315 g/mol. The molecule has 2 heterocycles. The summed E-state index contributed by atoms with van der Waals surface area (Å²) in [5.74, 6) is 0.194. The second-order valence-electron chi connectivity index (χ2n) is 6.27. The summed E-state index contributed by atoms with van der Waals surface area (Å²) in [6.07, 6.45) is 3.01. The fraction of sp³-hybridized carbons (Fsp3) is 0.412. The molecule has 2 aliphatic rings. The Bertz CT molecular complexity index is 731. The molecule has 6 heteroatoms. The van der Waals surface area contributed by atoms with Crippen LogP contribution in [0, 0.1) is 5.82 Å². The molecular weight excluding hydrogens is 297 g/mol. The van der Waals surface area contributed by atoms with E-state index in [2.05, 4.69) is 10.4 Å². The van der Waals surface area contributed by atoms with Gasteiger partial charge >= 0.3 is 0 Å². The van der Waals surface area contributed by atoms with Crippen molar-refractivity contribution in [1.29, 1.82) is 0 Å². The van der Waals surface area contributed by atoms with Gasteiger partial charge in [0.15, 0.2) is 5.69 Å². The van der Waals surface area contributed by atoms with Gasteiger partial charge in [-0.15, -0.1) is 0 Å². The van der Waals surface area contributed by atoms with Gasteiger partial charge in [0.05, 0.1) is 6.54 Å². The highest BCUT2D eigenvalue weighted by molar-refractivity contribution is 5.92. The lowest BCUT2D eigenvalue weighted by atomic mass is 9.64. The number of fused-ring (bicyclic) bond motifs is 1. The van der Waals surface area contributed by atoms with Crippen LogP contribution in [0.3, 0.4) is 0 Å². The lowest BCUT2D eigenvalue weighted by Gasteiger charge is -2.42. The minimum Gasteiger partial charge on any atom is -0.476 e. The Balaban J connectivity index is 1.47. The number of hydrogen-bond acceptors (Lipinski definition) is 3. The molecule has 5 nitrogen and oxygen atoms in total. The van der Waals surface area contributed by atoms with Crippen LogP contribution in [-0.2, 0) is 12.0 Å². The fourth-order valence-corrected chi connectivity index (χ4v) is 3.35. The van der Waals surface area contributed by atoms with Crippen molar-refractivity contribution in [2.45, 2.75) is 31.2 Å². The maximum Gasteiger partial charge on any atom is 0.271 e. The molecule has 0 unspecified atom stereocenters. The van der Waals surface area contributed by atoms with E-state index in [4.69, 9.17) is 4.74 Å². The highest BCUT2D eigenvalue weighted by atomic mass is 19.1. The van der Waals surface area contributed by atoms with Crippen LogP contribution in [0.1, 0.15) is 35.3 Å². The molecular formula is C17H18FN3O2. The third-order valence-electron chi connectivity index (χ3n) is 4.86. The number of ether oxygens (including phenoxy) is 1. The van der Waals surface area contributed by atoms with Gasteiger partial charge in [-0.25, -0.2) is 9.07 Å². The molecule has 120 valence electrons. The number of rotatable bonds is 4. The van der Waals surface area contributed by atoms with Gasteiger partial charge in [0.25, 0.3) is 5.91 Å². The molecule has 2 aromatic rings. The number of hydrogen-bond donors (Lipinski definition) is 1. The molecule has 1 amide bonds. The zero-order valence-corrected chi connectivity index (χ0v) is 12.7. The second kappa shape index (κ2) is 5.37. The van der Waals surface area contributed by atoms with Gasteiger partial charge in [-0.05, 0) is 30.5 Å². The van der Waals surface area contributed by atoms with Crippen molar-refractivity contribution < 1.29 is 13.9 Å². The van der Waals surface area contributed by atoms with E-state index in [1.807, 2.05) is 6.07 Å². The average Bonchev–Trinajstić information content (AvgIpc) is 3.07. The quantitative estimate of drug-likeness (QED) is 0.941. The summed E-state index contributed by atoms with van der Waals surface area (Å²) >= 11 is 0. The number of benzene rings is 1. The molecule has 0 radical (unpaired) electrons. The lowest BCUT2D eigenvalue weighted by Crippen LogP contribution is -2.45. The van der Waals surface area contributed by atoms with Gasteiger partial charge in [0.2, 0.25) is 5.88 Å². The molecule has 0 saturated heterocycles. The summed E-state index contributed by atoms with van der Waals surface area (Å²) in [7, 11) is 0. The van der Waals surface area contributed by atoms with E-state index in [0.717, 1.165) is 24.8 Å². The van der Waals surface area contributed by atoms with Crippen LogP contribution < -0.4 is 10.1 Å². The summed E-state index contributed by atoms with van der Waals surface area (Å²) in [5, 5.41) is 7.20. The Labute approximate surface area is 133 Å². The molecule has 1 aliphatic carbocycles. The zero-order valence-electron chi connectivity index (χ0n) is 12.7. The van der Waals surface area contributed by atoms with Gasteiger partial charge in [-0.3, -0.25) is 4.79 Å². The van der Waals surface area contributed by atoms with Crippen LogP contribution >= 0.6 is 0 Å². The SMILES string of the molecule is O=C(NCC1(c2cccc(F)c2)CCC1)c1cc2n(n1)CCO2. The zero-order chi connectivity index (χ0) is 15.9. The van der Waals surface area contributed by atoms with E-state index in [1.54, 1.807) is 22.9 Å². The van der Waals surface area contributed by atoms with Crippen LogP contribution in [0.5, 0.6) is 5.88 Å². The van der Waals surface area contributed by atoms with E-state index in [-0.39, 0.29) is 17.1 Å². The van der Waals surface area contributed by atoms with Crippen molar-refractivity contribution in [2.24, 2.45) is 0 Å². The molecule has 1 saturated carbocycles. The number of aromatic nitrogens is 2. The standard InChI is InChI=1S/C17H18FN3O2/c18-13-4-1-3-12(9-13)17(5-2-6-17)11-19-16(22)14-10-15-21(20-14)7-8-23-15/h1,3-4,9-10H,2,5-8,11H2,(H,19,22). The van der Waals surface area contributed by atoms with Crippen LogP contribution in [0.15, 0.2) is 30.3 Å². The Kier molecular flexibility index (Phi) is 3.32. The Morgan fingerprint density at radius 2 is 2.26 bits per heavy atom. The van der Waals surface area contributed by atoms with Crippen LogP contribution in [-0.4, -0.2) is 28.8 Å². The number of nitrogens with one attached hydrogen (secondary N) is 1. The molecule has 1 aromatic carbocycles. The number of carbonyl (C=O) groups excluding carboxylic acids is 1. The Morgan fingerprint density at radius 3 is 2.96 bits per heavy atom. The summed E-state index contributed by atoms with van der Waals surface area (Å²) in [6.45, 7) is 1.78. The van der Waals surface area contributed by atoms with E-state index in [1.165, 1.54) is 6.07 Å². The lowest BCUT2D eigenvalue weighted by molar-refractivity contribution is 0.0921. The summed E-state index contributed by atoms with van der Waals surface area (Å²) in [5.41, 5.74) is 1.17. The molecule has 1 N–H and O–H groups in total. The number of amides is 1. The fourth-order valence-electron chi connectivity index (χ4n) is 3.35. The van der Waals surface area contributed by atoms with Gasteiger partial charge in [-0.1, -0.05) is 18.6 Å². The maximum atomic E-state index is 13.5. The highest BCUT2D eigenvalue weighted by Crippen LogP contribution is 2.43. The van der Waals surface area contributed by atoms with Crippen molar-refractivity contribution in [3.8, 4) is 5.88 Å². The smallest absolute Gasteiger partial charge is 0.271 e. The molecule has 1 fully saturated rings.